The lowest BCUT2D eigenvalue weighted by atomic mass is 10.0. The maximum atomic E-state index is 14.4. The highest BCUT2D eigenvalue weighted by atomic mass is 19.1. The fourth-order valence-electron chi connectivity index (χ4n) is 3.06. The first-order valence-electron chi connectivity index (χ1n) is 8.63. The minimum absolute atomic E-state index is 0.288. The number of hydrogen-bond donors (Lipinski definition) is 0. The largest absolute Gasteiger partial charge is 0.276 e. The van der Waals surface area contributed by atoms with Gasteiger partial charge in [-0.3, -0.25) is 4.57 Å². The van der Waals surface area contributed by atoms with E-state index < -0.39 is 0 Å². The van der Waals surface area contributed by atoms with Crippen LogP contribution in [-0.2, 0) is 6.42 Å². The molecule has 4 heteroatoms. The zero-order chi connectivity index (χ0) is 17.9. The standard InChI is InChI=1S/C22H18FN3/c1-2-21-24-25-22(26(21)20-11-7-6-10-19(20)23)18-14-12-17(13-15-18)16-8-4-3-5-9-16/h3-15H,2H2,1H3. The van der Waals surface area contributed by atoms with Gasteiger partial charge >= 0.3 is 0 Å². The van der Waals surface area contributed by atoms with Crippen LogP contribution in [0.1, 0.15) is 12.7 Å². The van der Waals surface area contributed by atoms with E-state index in [2.05, 4.69) is 34.5 Å². The molecule has 0 unspecified atom stereocenters. The number of halogens is 1. The predicted octanol–water partition coefficient (Wildman–Crippen LogP) is 5.30. The Hall–Kier alpha value is -3.27. The van der Waals surface area contributed by atoms with E-state index in [0.29, 0.717) is 17.9 Å². The average molecular weight is 343 g/mol. The molecule has 0 aliphatic heterocycles. The van der Waals surface area contributed by atoms with Crippen molar-refractivity contribution in [3.63, 3.8) is 0 Å². The molecule has 0 spiro atoms. The van der Waals surface area contributed by atoms with Crippen molar-refractivity contribution in [2.45, 2.75) is 13.3 Å². The zero-order valence-corrected chi connectivity index (χ0v) is 14.4. The number of para-hydroxylation sites is 1. The molecule has 3 aromatic carbocycles. The van der Waals surface area contributed by atoms with Crippen LogP contribution in [0.2, 0.25) is 0 Å². The SMILES string of the molecule is CCc1nnc(-c2ccc(-c3ccccc3)cc2)n1-c1ccccc1F. The summed E-state index contributed by atoms with van der Waals surface area (Å²) in [4.78, 5) is 0. The van der Waals surface area contributed by atoms with E-state index in [1.54, 1.807) is 16.7 Å². The van der Waals surface area contributed by atoms with E-state index in [1.807, 2.05) is 43.3 Å². The molecule has 0 bridgehead atoms. The Morgan fingerprint density at radius 2 is 1.35 bits per heavy atom. The molecule has 4 aromatic rings. The van der Waals surface area contributed by atoms with Crippen LogP contribution < -0.4 is 0 Å². The van der Waals surface area contributed by atoms with Gasteiger partial charge in [-0.1, -0.05) is 73.7 Å². The quantitative estimate of drug-likeness (QED) is 0.503. The summed E-state index contributed by atoms with van der Waals surface area (Å²) in [7, 11) is 0. The van der Waals surface area contributed by atoms with Crippen LogP contribution >= 0.6 is 0 Å². The molecule has 0 aliphatic rings. The molecule has 0 atom stereocenters. The van der Waals surface area contributed by atoms with Gasteiger partial charge in [0.2, 0.25) is 0 Å². The summed E-state index contributed by atoms with van der Waals surface area (Å²) in [6.07, 6.45) is 0.670. The number of aryl methyl sites for hydroxylation is 1. The summed E-state index contributed by atoms with van der Waals surface area (Å²) < 4.78 is 16.2. The predicted molar refractivity (Wildman–Crippen MR) is 102 cm³/mol. The van der Waals surface area contributed by atoms with Gasteiger partial charge in [0.1, 0.15) is 11.6 Å². The van der Waals surface area contributed by atoms with Gasteiger partial charge in [0, 0.05) is 12.0 Å². The summed E-state index contributed by atoms with van der Waals surface area (Å²) in [6, 6.07) is 25.0. The zero-order valence-electron chi connectivity index (χ0n) is 14.4. The highest BCUT2D eigenvalue weighted by Crippen LogP contribution is 2.27. The van der Waals surface area contributed by atoms with Gasteiger partial charge in [-0.05, 0) is 23.3 Å². The molecule has 1 heterocycles. The lowest BCUT2D eigenvalue weighted by Gasteiger charge is -2.11. The normalized spacial score (nSPS) is 10.8. The Balaban J connectivity index is 1.80. The molecule has 0 saturated heterocycles. The molecule has 0 radical (unpaired) electrons. The van der Waals surface area contributed by atoms with E-state index in [0.717, 1.165) is 22.5 Å². The average Bonchev–Trinajstić information content (AvgIpc) is 3.13. The number of rotatable bonds is 4. The van der Waals surface area contributed by atoms with Crippen molar-refractivity contribution >= 4 is 0 Å². The lowest BCUT2D eigenvalue weighted by molar-refractivity contribution is 0.616. The maximum absolute atomic E-state index is 14.4. The van der Waals surface area contributed by atoms with Gasteiger partial charge in [-0.15, -0.1) is 10.2 Å². The molecular weight excluding hydrogens is 325 g/mol. The topological polar surface area (TPSA) is 30.7 Å². The third-order valence-corrected chi connectivity index (χ3v) is 4.39. The molecule has 128 valence electrons. The number of benzene rings is 3. The fourth-order valence-corrected chi connectivity index (χ4v) is 3.06. The van der Waals surface area contributed by atoms with Crippen molar-refractivity contribution < 1.29 is 4.39 Å². The van der Waals surface area contributed by atoms with Crippen LogP contribution in [0.3, 0.4) is 0 Å². The molecule has 1 aromatic heterocycles. The van der Waals surface area contributed by atoms with E-state index >= 15 is 0 Å². The monoisotopic (exact) mass is 343 g/mol. The summed E-state index contributed by atoms with van der Waals surface area (Å²) in [5, 5.41) is 8.58. The Morgan fingerprint density at radius 3 is 2.04 bits per heavy atom. The van der Waals surface area contributed by atoms with Crippen molar-refractivity contribution in [3.05, 3.63) is 90.5 Å². The highest BCUT2D eigenvalue weighted by Gasteiger charge is 2.17. The van der Waals surface area contributed by atoms with Gasteiger partial charge in [-0.2, -0.15) is 0 Å². The van der Waals surface area contributed by atoms with Crippen LogP contribution in [-0.4, -0.2) is 14.8 Å². The Bertz CT molecular complexity index is 1020. The van der Waals surface area contributed by atoms with Crippen molar-refractivity contribution in [3.8, 4) is 28.2 Å². The molecule has 0 amide bonds. The van der Waals surface area contributed by atoms with Crippen molar-refractivity contribution in [1.82, 2.24) is 14.8 Å². The van der Waals surface area contributed by atoms with Crippen LogP contribution in [0.5, 0.6) is 0 Å². The van der Waals surface area contributed by atoms with Crippen LogP contribution in [0, 0.1) is 5.82 Å². The number of nitrogens with zero attached hydrogens (tertiary/aromatic N) is 3. The fraction of sp³-hybridized carbons (Fsp3) is 0.0909. The van der Waals surface area contributed by atoms with Crippen molar-refractivity contribution in [1.29, 1.82) is 0 Å². The molecule has 4 rings (SSSR count). The van der Waals surface area contributed by atoms with Crippen molar-refractivity contribution in [2.75, 3.05) is 0 Å². The number of aromatic nitrogens is 3. The van der Waals surface area contributed by atoms with Gasteiger partial charge < -0.3 is 0 Å². The second-order valence-corrected chi connectivity index (χ2v) is 6.02. The van der Waals surface area contributed by atoms with Crippen molar-refractivity contribution in [2.24, 2.45) is 0 Å². The number of hydrogen-bond acceptors (Lipinski definition) is 2. The molecule has 3 nitrogen and oxygen atoms in total. The minimum atomic E-state index is -0.288. The summed E-state index contributed by atoms with van der Waals surface area (Å²) in [5.74, 6) is 1.09. The first-order valence-corrected chi connectivity index (χ1v) is 8.63. The van der Waals surface area contributed by atoms with Crippen LogP contribution in [0.15, 0.2) is 78.9 Å². The second-order valence-electron chi connectivity index (χ2n) is 6.02. The molecular formula is C22H18FN3. The van der Waals surface area contributed by atoms with Crippen LogP contribution in [0.4, 0.5) is 4.39 Å². The molecule has 26 heavy (non-hydrogen) atoms. The molecule has 0 aliphatic carbocycles. The van der Waals surface area contributed by atoms with Gasteiger partial charge in [0.25, 0.3) is 0 Å². The summed E-state index contributed by atoms with van der Waals surface area (Å²) >= 11 is 0. The Kier molecular flexibility index (Phi) is 4.32. The Labute approximate surface area is 151 Å². The lowest BCUT2D eigenvalue weighted by Crippen LogP contribution is -2.04. The third kappa shape index (κ3) is 2.90. The van der Waals surface area contributed by atoms with Gasteiger partial charge in [-0.25, -0.2) is 4.39 Å². The summed E-state index contributed by atoms with van der Waals surface area (Å²) in [6.45, 7) is 1.99. The van der Waals surface area contributed by atoms with E-state index in [9.17, 15) is 4.39 Å². The van der Waals surface area contributed by atoms with Crippen LogP contribution in [0.25, 0.3) is 28.2 Å². The summed E-state index contributed by atoms with van der Waals surface area (Å²) in [5.41, 5.74) is 3.66. The van der Waals surface area contributed by atoms with E-state index in [1.165, 1.54) is 6.07 Å². The highest BCUT2D eigenvalue weighted by molar-refractivity contribution is 5.68. The minimum Gasteiger partial charge on any atom is -0.276 e. The Morgan fingerprint density at radius 1 is 0.731 bits per heavy atom. The molecule has 0 N–H and O–H groups in total. The molecule has 0 fully saturated rings. The van der Waals surface area contributed by atoms with Gasteiger partial charge in [0.05, 0.1) is 5.69 Å². The van der Waals surface area contributed by atoms with Gasteiger partial charge in [0.15, 0.2) is 5.82 Å². The third-order valence-electron chi connectivity index (χ3n) is 4.39. The van der Waals surface area contributed by atoms with E-state index in [-0.39, 0.29) is 5.82 Å². The smallest absolute Gasteiger partial charge is 0.168 e. The first-order chi connectivity index (χ1) is 12.8. The first kappa shape index (κ1) is 16.2. The van der Waals surface area contributed by atoms with E-state index in [4.69, 9.17) is 0 Å². The molecule has 0 saturated carbocycles. The maximum Gasteiger partial charge on any atom is 0.168 e. The second kappa shape index (κ2) is 6.92.